The van der Waals surface area contributed by atoms with Gasteiger partial charge in [0.2, 0.25) is 0 Å². The van der Waals surface area contributed by atoms with Crippen LogP contribution in [0.1, 0.15) is 29.6 Å². The Balaban J connectivity index is 1.77. The third-order valence-electron chi connectivity index (χ3n) is 4.48. The summed E-state index contributed by atoms with van der Waals surface area (Å²) in [7, 11) is 1.74. The van der Waals surface area contributed by atoms with Gasteiger partial charge in [0.05, 0.1) is 18.3 Å². The molecule has 20 heavy (non-hydrogen) atoms. The molecule has 0 unspecified atom stereocenters. The van der Waals surface area contributed by atoms with E-state index in [0.717, 1.165) is 44.5 Å². The van der Waals surface area contributed by atoms with Gasteiger partial charge in [0.1, 0.15) is 0 Å². The molecule has 2 saturated heterocycles. The lowest BCUT2D eigenvalue weighted by atomic mass is 9.73. The van der Waals surface area contributed by atoms with Gasteiger partial charge < -0.3 is 14.4 Å². The average Bonchev–Trinajstić information content (AvgIpc) is 3.00. The van der Waals surface area contributed by atoms with Gasteiger partial charge >= 0.3 is 0 Å². The zero-order valence-electron chi connectivity index (χ0n) is 11.8. The van der Waals surface area contributed by atoms with Gasteiger partial charge in [0.15, 0.2) is 0 Å². The van der Waals surface area contributed by atoms with Gasteiger partial charge in [-0.15, -0.1) is 0 Å². The SMILES string of the molecule is COC[C@@]12CCCO[C@@H]1CCN(C(=O)c1ccsc1)C2. The van der Waals surface area contributed by atoms with Crippen LogP contribution in [0.2, 0.25) is 0 Å². The molecule has 1 aromatic rings. The van der Waals surface area contributed by atoms with Crippen molar-refractivity contribution in [2.75, 3.05) is 33.4 Å². The summed E-state index contributed by atoms with van der Waals surface area (Å²) in [6.45, 7) is 3.05. The van der Waals surface area contributed by atoms with Crippen molar-refractivity contribution in [2.45, 2.75) is 25.4 Å². The Morgan fingerprint density at radius 1 is 1.65 bits per heavy atom. The first-order chi connectivity index (χ1) is 9.75. The van der Waals surface area contributed by atoms with E-state index >= 15 is 0 Å². The van der Waals surface area contributed by atoms with Crippen molar-refractivity contribution < 1.29 is 14.3 Å². The van der Waals surface area contributed by atoms with E-state index in [-0.39, 0.29) is 17.4 Å². The number of carbonyl (C=O) groups is 1. The van der Waals surface area contributed by atoms with E-state index in [9.17, 15) is 4.79 Å². The molecule has 0 bridgehead atoms. The minimum absolute atomic E-state index is 0.0169. The Morgan fingerprint density at radius 3 is 3.30 bits per heavy atom. The summed E-state index contributed by atoms with van der Waals surface area (Å²) in [6, 6.07) is 1.90. The number of piperidine rings is 1. The van der Waals surface area contributed by atoms with Gasteiger partial charge in [0, 0.05) is 37.6 Å². The topological polar surface area (TPSA) is 38.8 Å². The first-order valence-corrected chi connectivity index (χ1v) is 8.11. The molecule has 0 spiro atoms. The second kappa shape index (κ2) is 5.84. The van der Waals surface area contributed by atoms with Crippen molar-refractivity contribution in [1.29, 1.82) is 0 Å². The van der Waals surface area contributed by atoms with Gasteiger partial charge in [-0.05, 0) is 30.7 Å². The van der Waals surface area contributed by atoms with Crippen LogP contribution < -0.4 is 0 Å². The summed E-state index contributed by atoms with van der Waals surface area (Å²) >= 11 is 1.57. The molecule has 1 aromatic heterocycles. The Morgan fingerprint density at radius 2 is 2.55 bits per heavy atom. The Kier molecular flexibility index (Phi) is 4.10. The summed E-state index contributed by atoms with van der Waals surface area (Å²) in [6.07, 6.45) is 3.29. The van der Waals surface area contributed by atoms with Crippen molar-refractivity contribution in [1.82, 2.24) is 4.90 Å². The molecule has 2 atom stereocenters. The second-order valence-electron chi connectivity index (χ2n) is 5.79. The monoisotopic (exact) mass is 295 g/mol. The molecule has 0 radical (unpaired) electrons. The molecular weight excluding hydrogens is 274 g/mol. The third-order valence-corrected chi connectivity index (χ3v) is 5.16. The molecule has 2 aliphatic rings. The maximum absolute atomic E-state index is 12.5. The van der Waals surface area contributed by atoms with E-state index in [2.05, 4.69) is 0 Å². The molecule has 5 heteroatoms. The summed E-state index contributed by atoms with van der Waals surface area (Å²) in [4.78, 5) is 14.5. The molecule has 4 nitrogen and oxygen atoms in total. The molecule has 2 aliphatic heterocycles. The van der Waals surface area contributed by atoms with Gasteiger partial charge in [-0.3, -0.25) is 4.79 Å². The molecular formula is C15H21NO3S. The minimum atomic E-state index is -0.0169. The molecule has 0 saturated carbocycles. The first kappa shape index (κ1) is 14.0. The Labute approximate surface area is 123 Å². The van der Waals surface area contributed by atoms with Gasteiger partial charge in [-0.2, -0.15) is 11.3 Å². The van der Waals surface area contributed by atoms with Crippen molar-refractivity contribution in [3.8, 4) is 0 Å². The van der Waals surface area contributed by atoms with Crippen molar-refractivity contribution in [3.05, 3.63) is 22.4 Å². The van der Waals surface area contributed by atoms with Crippen LogP contribution in [-0.4, -0.2) is 50.3 Å². The number of methoxy groups -OCH3 is 1. The van der Waals surface area contributed by atoms with E-state index in [1.165, 1.54) is 0 Å². The number of thiophene rings is 1. The molecule has 3 heterocycles. The van der Waals surface area contributed by atoms with Crippen molar-refractivity contribution in [2.24, 2.45) is 5.41 Å². The number of hydrogen-bond acceptors (Lipinski definition) is 4. The van der Waals surface area contributed by atoms with E-state index in [1.807, 2.05) is 21.7 Å². The molecule has 0 aliphatic carbocycles. The summed E-state index contributed by atoms with van der Waals surface area (Å²) in [5, 5.41) is 3.88. The van der Waals surface area contributed by atoms with E-state index in [4.69, 9.17) is 9.47 Å². The largest absolute Gasteiger partial charge is 0.384 e. The Bertz CT molecular complexity index is 458. The fourth-order valence-electron chi connectivity index (χ4n) is 3.53. The van der Waals surface area contributed by atoms with Crippen molar-refractivity contribution in [3.63, 3.8) is 0 Å². The van der Waals surface area contributed by atoms with Gasteiger partial charge in [0.25, 0.3) is 5.91 Å². The number of hydrogen-bond donors (Lipinski definition) is 0. The highest BCUT2D eigenvalue weighted by molar-refractivity contribution is 7.08. The normalized spacial score (nSPS) is 30.1. The van der Waals surface area contributed by atoms with Crippen LogP contribution >= 0.6 is 11.3 Å². The zero-order valence-corrected chi connectivity index (χ0v) is 12.7. The van der Waals surface area contributed by atoms with E-state index in [1.54, 1.807) is 18.4 Å². The van der Waals surface area contributed by atoms with Crippen LogP contribution in [0.15, 0.2) is 16.8 Å². The van der Waals surface area contributed by atoms with Crippen LogP contribution in [-0.2, 0) is 9.47 Å². The standard InChI is InChI=1S/C15H21NO3S/c1-18-11-15-5-2-7-19-13(15)3-6-16(10-15)14(17)12-4-8-20-9-12/h4,8-9,13H,2-3,5-7,10-11H2,1H3/t13-,15+/m1/s1. The van der Waals surface area contributed by atoms with Crippen LogP contribution in [0.3, 0.4) is 0 Å². The highest BCUT2D eigenvalue weighted by Crippen LogP contribution is 2.40. The molecule has 1 amide bonds. The number of rotatable bonds is 3. The smallest absolute Gasteiger partial charge is 0.254 e. The number of amides is 1. The first-order valence-electron chi connectivity index (χ1n) is 7.17. The highest BCUT2D eigenvalue weighted by atomic mass is 32.1. The molecule has 110 valence electrons. The molecule has 0 N–H and O–H groups in total. The number of fused-ring (bicyclic) bond motifs is 1. The van der Waals surface area contributed by atoms with Crippen LogP contribution in [0, 0.1) is 5.41 Å². The lowest BCUT2D eigenvalue weighted by Crippen LogP contribution is -2.57. The summed E-state index contributed by atoms with van der Waals surface area (Å²) < 4.78 is 11.4. The van der Waals surface area contributed by atoms with Gasteiger partial charge in [-0.25, -0.2) is 0 Å². The lowest BCUT2D eigenvalue weighted by molar-refractivity contribution is -0.142. The summed E-state index contributed by atoms with van der Waals surface area (Å²) in [5.74, 6) is 0.144. The predicted octanol–water partition coefficient (Wildman–Crippen LogP) is 2.41. The Hall–Kier alpha value is -0.910. The quantitative estimate of drug-likeness (QED) is 0.859. The fraction of sp³-hybridized carbons (Fsp3) is 0.667. The lowest BCUT2D eigenvalue weighted by Gasteiger charge is -2.50. The number of nitrogens with zero attached hydrogens (tertiary/aromatic N) is 1. The third kappa shape index (κ3) is 2.50. The zero-order chi connectivity index (χ0) is 14.0. The highest BCUT2D eigenvalue weighted by Gasteiger charge is 2.47. The maximum atomic E-state index is 12.5. The predicted molar refractivity (Wildman–Crippen MR) is 78.1 cm³/mol. The van der Waals surface area contributed by atoms with Crippen LogP contribution in [0.5, 0.6) is 0 Å². The average molecular weight is 295 g/mol. The van der Waals surface area contributed by atoms with Gasteiger partial charge in [-0.1, -0.05) is 0 Å². The number of ether oxygens (including phenoxy) is 2. The molecule has 0 aromatic carbocycles. The van der Waals surface area contributed by atoms with Crippen molar-refractivity contribution >= 4 is 17.2 Å². The van der Waals surface area contributed by atoms with E-state index in [0.29, 0.717) is 6.61 Å². The van der Waals surface area contributed by atoms with Crippen LogP contribution in [0.25, 0.3) is 0 Å². The molecule has 2 fully saturated rings. The maximum Gasteiger partial charge on any atom is 0.254 e. The number of likely N-dealkylation sites (tertiary alicyclic amines) is 1. The second-order valence-corrected chi connectivity index (χ2v) is 6.57. The number of carbonyl (C=O) groups excluding carboxylic acids is 1. The summed E-state index contributed by atoms with van der Waals surface area (Å²) in [5.41, 5.74) is 0.787. The van der Waals surface area contributed by atoms with Crippen LogP contribution in [0.4, 0.5) is 0 Å². The van der Waals surface area contributed by atoms with E-state index < -0.39 is 0 Å². The molecule has 3 rings (SSSR count). The fourth-order valence-corrected chi connectivity index (χ4v) is 4.16. The minimum Gasteiger partial charge on any atom is -0.384 e.